The standard InChI is InChI=1S/C16H25N/c1-3-7-16(15-8-5-4-6-9-15)17-12-13(2)14-10-11-14/h4-6,8-9,13-14,16-17H,3,7,10-12H2,1-2H3. The third-order valence-corrected chi connectivity index (χ3v) is 3.89. The van der Waals surface area contributed by atoms with Crippen LogP contribution in [-0.4, -0.2) is 6.54 Å². The molecule has 2 rings (SSSR count). The lowest BCUT2D eigenvalue weighted by Gasteiger charge is -2.21. The fraction of sp³-hybridized carbons (Fsp3) is 0.625. The van der Waals surface area contributed by atoms with Gasteiger partial charge in [-0.3, -0.25) is 0 Å². The van der Waals surface area contributed by atoms with E-state index >= 15 is 0 Å². The van der Waals surface area contributed by atoms with Crippen molar-refractivity contribution in [2.75, 3.05) is 6.54 Å². The van der Waals surface area contributed by atoms with E-state index in [9.17, 15) is 0 Å². The second-order valence-electron chi connectivity index (χ2n) is 5.47. The van der Waals surface area contributed by atoms with E-state index in [0.29, 0.717) is 6.04 Å². The Labute approximate surface area is 106 Å². The molecule has 94 valence electrons. The Morgan fingerprint density at radius 1 is 1.24 bits per heavy atom. The zero-order valence-corrected chi connectivity index (χ0v) is 11.2. The zero-order chi connectivity index (χ0) is 12.1. The maximum absolute atomic E-state index is 3.76. The fourth-order valence-corrected chi connectivity index (χ4v) is 2.52. The van der Waals surface area contributed by atoms with Crippen LogP contribution in [-0.2, 0) is 0 Å². The van der Waals surface area contributed by atoms with Crippen LogP contribution in [0.1, 0.15) is 51.1 Å². The van der Waals surface area contributed by atoms with Crippen molar-refractivity contribution >= 4 is 0 Å². The van der Waals surface area contributed by atoms with E-state index < -0.39 is 0 Å². The molecule has 1 fully saturated rings. The molecule has 0 radical (unpaired) electrons. The third-order valence-electron chi connectivity index (χ3n) is 3.89. The molecule has 0 saturated heterocycles. The molecule has 1 aromatic rings. The average molecular weight is 231 g/mol. The highest BCUT2D eigenvalue weighted by Crippen LogP contribution is 2.36. The molecule has 1 heteroatoms. The normalized spacial score (nSPS) is 18.9. The van der Waals surface area contributed by atoms with E-state index in [1.807, 2.05) is 0 Å². The fourth-order valence-electron chi connectivity index (χ4n) is 2.52. The Bertz CT molecular complexity index is 316. The van der Waals surface area contributed by atoms with Gasteiger partial charge in [-0.15, -0.1) is 0 Å². The maximum Gasteiger partial charge on any atom is 0.0320 e. The molecule has 0 heterocycles. The lowest BCUT2D eigenvalue weighted by molar-refractivity contribution is 0.405. The van der Waals surface area contributed by atoms with Gasteiger partial charge in [0.1, 0.15) is 0 Å². The second kappa shape index (κ2) is 6.20. The van der Waals surface area contributed by atoms with Gasteiger partial charge in [0.15, 0.2) is 0 Å². The predicted octanol–water partition coefficient (Wildman–Crippen LogP) is 4.16. The second-order valence-corrected chi connectivity index (χ2v) is 5.47. The minimum atomic E-state index is 0.544. The van der Waals surface area contributed by atoms with Crippen LogP contribution in [0.3, 0.4) is 0 Å². The van der Waals surface area contributed by atoms with Crippen molar-refractivity contribution in [3.63, 3.8) is 0 Å². The van der Waals surface area contributed by atoms with Crippen LogP contribution in [0.25, 0.3) is 0 Å². The van der Waals surface area contributed by atoms with Crippen molar-refractivity contribution < 1.29 is 0 Å². The van der Waals surface area contributed by atoms with Gasteiger partial charge in [0, 0.05) is 6.04 Å². The molecule has 1 nitrogen and oxygen atoms in total. The van der Waals surface area contributed by atoms with Crippen LogP contribution in [0.2, 0.25) is 0 Å². The molecule has 1 N–H and O–H groups in total. The number of rotatable bonds is 7. The molecule has 0 bridgehead atoms. The maximum atomic E-state index is 3.76. The summed E-state index contributed by atoms with van der Waals surface area (Å²) in [5.41, 5.74) is 1.44. The van der Waals surface area contributed by atoms with Gasteiger partial charge in [-0.1, -0.05) is 50.6 Å². The van der Waals surface area contributed by atoms with Crippen molar-refractivity contribution in [1.82, 2.24) is 5.32 Å². The van der Waals surface area contributed by atoms with Crippen molar-refractivity contribution in [3.8, 4) is 0 Å². The van der Waals surface area contributed by atoms with Gasteiger partial charge < -0.3 is 5.32 Å². The van der Waals surface area contributed by atoms with E-state index in [-0.39, 0.29) is 0 Å². The highest BCUT2D eigenvalue weighted by Gasteiger charge is 2.27. The highest BCUT2D eigenvalue weighted by molar-refractivity contribution is 5.18. The van der Waals surface area contributed by atoms with E-state index in [0.717, 1.165) is 11.8 Å². The molecule has 2 atom stereocenters. The monoisotopic (exact) mass is 231 g/mol. The Kier molecular flexibility index (Phi) is 4.61. The summed E-state index contributed by atoms with van der Waals surface area (Å²) >= 11 is 0. The van der Waals surface area contributed by atoms with E-state index in [4.69, 9.17) is 0 Å². The largest absolute Gasteiger partial charge is 0.310 e. The van der Waals surface area contributed by atoms with Crippen LogP contribution in [0, 0.1) is 11.8 Å². The Hall–Kier alpha value is -0.820. The quantitative estimate of drug-likeness (QED) is 0.743. The Morgan fingerprint density at radius 3 is 2.53 bits per heavy atom. The Morgan fingerprint density at radius 2 is 1.94 bits per heavy atom. The van der Waals surface area contributed by atoms with Crippen LogP contribution >= 0.6 is 0 Å². The summed E-state index contributed by atoms with van der Waals surface area (Å²) in [6, 6.07) is 11.4. The molecule has 0 amide bonds. The number of nitrogens with one attached hydrogen (secondary N) is 1. The van der Waals surface area contributed by atoms with Gasteiger partial charge in [-0.05, 0) is 43.2 Å². The van der Waals surface area contributed by atoms with E-state index in [1.54, 1.807) is 0 Å². The van der Waals surface area contributed by atoms with Crippen molar-refractivity contribution in [2.24, 2.45) is 11.8 Å². The van der Waals surface area contributed by atoms with Crippen LogP contribution in [0.4, 0.5) is 0 Å². The first-order valence-corrected chi connectivity index (χ1v) is 7.09. The molecular weight excluding hydrogens is 206 g/mol. The topological polar surface area (TPSA) is 12.0 Å². The first-order valence-electron chi connectivity index (χ1n) is 7.09. The Balaban J connectivity index is 1.88. The molecule has 0 aromatic heterocycles. The smallest absolute Gasteiger partial charge is 0.0320 e. The first-order chi connectivity index (χ1) is 8.31. The molecule has 1 aliphatic carbocycles. The van der Waals surface area contributed by atoms with Gasteiger partial charge in [-0.25, -0.2) is 0 Å². The molecule has 1 aromatic carbocycles. The molecule has 0 spiro atoms. The number of hydrogen-bond donors (Lipinski definition) is 1. The third kappa shape index (κ3) is 3.85. The van der Waals surface area contributed by atoms with E-state index in [2.05, 4.69) is 49.5 Å². The van der Waals surface area contributed by atoms with Gasteiger partial charge in [0.25, 0.3) is 0 Å². The minimum absolute atomic E-state index is 0.544. The number of hydrogen-bond acceptors (Lipinski definition) is 1. The van der Waals surface area contributed by atoms with Gasteiger partial charge in [0.05, 0.1) is 0 Å². The minimum Gasteiger partial charge on any atom is -0.310 e. The molecule has 0 aliphatic heterocycles. The van der Waals surface area contributed by atoms with Crippen molar-refractivity contribution in [2.45, 2.75) is 45.6 Å². The van der Waals surface area contributed by atoms with Crippen molar-refractivity contribution in [3.05, 3.63) is 35.9 Å². The average Bonchev–Trinajstić information content (AvgIpc) is 3.19. The lowest BCUT2D eigenvalue weighted by atomic mass is 10.0. The summed E-state index contributed by atoms with van der Waals surface area (Å²) in [6.07, 6.45) is 5.38. The lowest BCUT2D eigenvalue weighted by Crippen LogP contribution is -2.27. The van der Waals surface area contributed by atoms with Crippen LogP contribution in [0.5, 0.6) is 0 Å². The van der Waals surface area contributed by atoms with Gasteiger partial charge in [0.2, 0.25) is 0 Å². The molecule has 1 saturated carbocycles. The van der Waals surface area contributed by atoms with Gasteiger partial charge >= 0.3 is 0 Å². The highest BCUT2D eigenvalue weighted by atomic mass is 14.9. The first kappa shape index (κ1) is 12.6. The zero-order valence-electron chi connectivity index (χ0n) is 11.2. The summed E-state index contributed by atoms with van der Waals surface area (Å²) in [4.78, 5) is 0. The summed E-state index contributed by atoms with van der Waals surface area (Å²) in [6.45, 7) is 5.82. The number of benzene rings is 1. The summed E-state index contributed by atoms with van der Waals surface area (Å²) in [5.74, 6) is 1.85. The van der Waals surface area contributed by atoms with Gasteiger partial charge in [-0.2, -0.15) is 0 Å². The molecular formula is C16H25N. The molecule has 2 unspecified atom stereocenters. The molecule has 17 heavy (non-hydrogen) atoms. The van der Waals surface area contributed by atoms with Crippen LogP contribution < -0.4 is 5.32 Å². The molecule has 1 aliphatic rings. The van der Waals surface area contributed by atoms with Crippen LogP contribution in [0.15, 0.2) is 30.3 Å². The predicted molar refractivity (Wildman–Crippen MR) is 74.0 cm³/mol. The SMILES string of the molecule is CCCC(NCC(C)C1CC1)c1ccccc1. The van der Waals surface area contributed by atoms with Crippen molar-refractivity contribution in [1.29, 1.82) is 0 Å². The van der Waals surface area contributed by atoms with E-state index in [1.165, 1.54) is 37.8 Å². The summed E-state index contributed by atoms with van der Waals surface area (Å²) < 4.78 is 0. The summed E-state index contributed by atoms with van der Waals surface area (Å²) in [7, 11) is 0. The summed E-state index contributed by atoms with van der Waals surface area (Å²) in [5, 5.41) is 3.76.